The predicted molar refractivity (Wildman–Crippen MR) is 88.7 cm³/mol. The predicted octanol–water partition coefficient (Wildman–Crippen LogP) is 3.40. The number of hydrogen-bond acceptors (Lipinski definition) is 3. The van der Waals surface area contributed by atoms with E-state index in [0.29, 0.717) is 0 Å². The summed E-state index contributed by atoms with van der Waals surface area (Å²) in [7, 11) is 0. The van der Waals surface area contributed by atoms with E-state index in [1.54, 1.807) is 5.32 Å². The Morgan fingerprint density at radius 2 is 1.24 bits per heavy atom. The van der Waals surface area contributed by atoms with Crippen LogP contribution in [0.25, 0.3) is 0 Å². The molecule has 0 atom stereocenters. The van der Waals surface area contributed by atoms with Gasteiger partial charge in [0.1, 0.15) is 0 Å². The number of rotatable bonds is 3. The Morgan fingerprint density at radius 3 is 1.72 bits per heavy atom. The van der Waals surface area contributed by atoms with Gasteiger partial charge in [0, 0.05) is 5.69 Å². The van der Waals surface area contributed by atoms with Gasteiger partial charge < -0.3 is 16.4 Å². The first-order valence-electron chi connectivity index (χ1n) is 7.59. The van der Waals surface area contributed by atoms with E-state index in [1.807, 2.05) is 5.32 Å². The quantitative estimate of drug-likeness (QED) is 0.525. The zero-order valence-electron chi connectivity index (χ0n) is 14.1. The Hall–Kier alpha value is -3.57. The van der Waals surface area contributed by atoms with Gasteiger partial charge in [0.2, 0.25) is 0 Å². The molecule has 4 N–H and O–H groups in total. The molecule has 0 unspecified atom stereocenters. The lowest BCUT2D eigenvalue weighted by Crippen LogP contribution is -2.30. The van der Waals surface area contributed by atoms with E-state index >= 15 is 0 Å². The molecule has 0 aliphatic carbocycles. The summed E-state index contributed by atoms with van der Waals surface area (Å²) >= 11 is 0. The van der Waals surface area contributed by atoms with E-state index in [1.165, 1.54) is 24.3 Å². The summed E-state index contributed by atoms with van der Waals surface area (Å²) in [5.74, 6) is -3.93. The van der Waals surface area contributed by atoms with Gasteiger partial charge in [0.15, 0.2) is 0 Å². The van der Waals surface area contributed by atoms with Crippen LogP contribution in [0.2, 0.25) is 0 Å². The molecule has 12 heteroatoms. The second-order valence-electron chi connectivity index (χ2n) is 5.61. The van der Waals surface area contributed by atoms with Crippen LogP contribution in [-0.2, 0) is 21.9 Å². The van der Waals surface area contributed by atoms with Gasteiger partial charge in [0.25, 0.3) is 5.91 Å². The van der Waals surface area contributed by atoms with Crippen molar-refractivity contribution in [2.75, 3.05) is 10.6 Å². The first-order valence-corrected chi connectivity index (χ1v) is 7.59. The number of hydrogen-bond donors (Lipinski definition) is 3. The number of nitrogens with two attached hydrogens (primary N) is 1. The Balaban J connectivity index is 2.28. The third kappa shape index (κ3) is 5.46. The molecule has 0 saturated carbocycles. The molecular weight excluding hydrogens is 408 g/mol. The standard InChI is InChI=1S/C17H11F6N3O3/c18-16(19,20)8-5-9(17(21,22)23)7-10(6-8)25-14(28)15(29)26-12-4-2-1-3-11(12)13(24)27/h1-7H,(H2,24,27)(H,25,28)(H,26,29). The largest absolute Gasteiger partial charge is 0.416 e. The number of nitrogens with one attached hydrogen (secondary N) is 2. The lowest BCUT2D eigenvalue weighted by molar-refractivity contribution is -0.143. The van der Waals surface area contributed by atoms with E-state index in [0.717, 1.165) is 0 Å². The number of carbonyl (C=O) groups excluding carboxylic acids is 3. The van der Waals surface area contributed by atoms with Crippen molar-refractivity contribution in [1.82, 2.24) is 0 Å². The third-order valence-electron chi connectivity index (χ3n) is 3.49. The first kappa shape index (κ1) is 21.7. The number of para-hydroxylation sites is 1. The Morgan fingerprint density at radius 1 is 0.759 bits per heavy atom. The molecule has 2 aromatic carbocycles. The fourth-order valence-electron chi connectivity index (χ4n) is 2.20. The number of carbonyl (C=O) groups is 3. The smallest absolute Gasteiger partial charge is 0.366 e. The number of alkyl halides is 6. The van der Waals surface area contributed by atoms with Crippen molar-refractivity contribution in [2.24, 2.45) is 5.73 Å². The van der Waals surface area contributed by atoms with Crippen LogP contribution in [0.5, 0.6) is 0 Å². The number of halogens is 6. The fourth-order valence-corrected chi connectivity index (χ4v) is 2.20. The lowest BCUT2D eigenvalue weighted by Gasteiger charge is -2.15. The van der Waals surface area contributed by atoms with Crippen LogP contribution in [0.3, 0.4) is 0 Å². The van der Waals surface area contributed by atoms with Crippen LogP contribution < -0.4 is 16.4 Å². The van der Waals surface area contributed by atoms with Crippen molar-refractivity contribution in [2.45, 2.75) is 12.4 Å². The van der Waals surface area contributed by atoms with E-state index in [4.69, 9.17) is 5.73 Å². The molecule has 154 valence electrons. The molecule has 0 radical (unpaired) electrons. The van der Waals surface area contributed by atoms with Gasteiger partial charge in [-0.1, -0.05) is 12.1 Å². The zero-order chi connectivity index (χ0) is 22.0. The maximum absolute atomic E-state index is 12.8. The summed E-state index contributed by atoms with van der Waals surface area (Å²) in [6.45, 7) is 0. The normalized spacial score (nSPS) is 11.7. The van der Waals surface area contributed by atoms with E-state index < -0.39 is 46.9 Å². The molecule has 2 rings (SSSR count). The van der Waals surface area contributed by atoms with Crippen molar-refractivity contribution in [3.05, 3.63) is 59.2 Å². The van der Waals surface area contributed by atoms with Gasteiger partial charge in [0.05, 0.1) is 22.4 Å². The van der Waals surface area contributed by atoms with Gasteiger partial charge in [-0.3, -0.25) is 14.4 Å². The molecule has 0 bridgehead atoms. The number of primary amides is 1. The zero-order valence-corrected chi connectivity index (χ0v) is 14.1. The van der Waals surface area contributed by atoms with Crippen molar-refractivity contribution in [3.63, 3.8) is 0 Å². The minimum absolute atomic E-state index is 0.126. The first-order chi connectivity index (χ1) is 13.3. The lowest BCUT2D eigenvalue weighted by atomic mass is 10.1. The summed E-state index contributed by atoms with van der Waals surface area (Å²) in [6, 6.07) is 5.63. The fraction of sp³-hybridized carbons (Fsp3) is 0.118. The highest BCUT2D eigenvalue weighted by atomic mass is 19.4. The molecule has 29 heavy (non-hydrogen) atoms. The molecule has 0 heterocycles. The average Bonchev–Trinajstić information content (AvgIpc) is 2.60. The number of amides is 3. The maximum atomic E-state index is 12.8. The molecule has 2 aromatic rings. The summed E-state index contributed by atoms with van der Waals surface area (Å²) in [4.78, 5) is 35.1. The minimum atomic E-state index is -5.12. The molecule has 0 aliphatic heterocycles. The molecule has 0 spiro atoms. The van der Waals surface area contributed by atoms with Crippen LogP contribution in [0.15, 0.2) is 42.5 Å². The van der Waals surface area contributed by atoms with Gasteiger partial charge in [-0.15, -0.1) is 0 Å². The Bertz CT molecular complexity index is 937. The molecule has 3 amide bonds. The van der Waals surface area contributed by atoms with Crippen LogP contribution in [0, 0.1) is 0 Å². The topological polar surface area (TPSA) is 101 Å². The van der Waals surface area contributed by atoms with Gasteiger partial charge in [-0.2, -0.15) is 26.3 Å². The monoisotopic (exact) mass is 419 g/mol. The number of benzene rings is 2. The van der Waals surface area contributed by atoms with Crippen LogP contribution in [0.4, 0.5) is 37.7 Å². The van der Waals surface area contributed by atoms with Crippen LogP contribution >= 0.6 is 0 Å². The van der Waals surface area contributed by atoms with Crippen LogP contribution in [-0.4, -0.2) is 17.7 Å². The molecular formula is C17H11F6N3O3. The molecule has 0 saturated heterocycles. The highest BCUT2D eigenvalue weighted by Crippen LogP contribution is 2.37. The molecule has 0 aliphatic rings. The minimum Gasteiger partial charge on any atom is -0.366 e. The van der Waals surface area contributed by atoms with Gasteiger partial charge in [-0.05, 0) is 30.3 Å². The summed E-state index contributed by atoms with van der Waals surface area (Å²) < 4.78 is 77.0. The molecule has 0 aromatic heterocycles. The van der Waals surface area contributed by atoms with Crippen molar-refractivity contribution in [1.29, 1.82) is 0 Å². The Labute approximate surface area is 158 Å². The second kappa shape index (κ2) is 7.81. The van der Waals surface area contributed by atoms with E-state index in [9.17, 15) is 40.7 Å². The van der Waals surface area contributed by atoms with Crippen molar-refractivity contribution in [3.8, 4) is 0 Å². The molecule has 6 nitrogen and oxygen atoms in total. The molecule has 0 fully saturated rings. The summed E-state index contributed by atoms with van der Waals surface area (Å²) in [5, 5.41) is 3.67. The third-order valence-corrected chi connectivity index (χ3v) is 3.49. The highest BCUT2D eigenvalue weighted by molar-refractivity contribution is 6.44. The van der Waals surface area contributed by atoms with E-state index in [-0.39, 0.29) is 29.4 Å². The van der Waals surface area contributed by atoms with Crippen molar-refractivity contribution >= 4 is 29.1 Å². The number of anilines is 2. The van der Waals surface area contributed by atoms with Gasteiger partial charge >= 0.3 is 24.2 Å². The van der Waals surface area contributed by atoms with Gasteiger partial charge in [-0.25, -0.2) is 0 Å². The Kier molecular flexibility index (Phi) is 5.85. The maximum Gasteiger partial charge on any atom is 0.416 e. The van der Waals surface area contributed by atoms with Crippen molar-refractivity contribution < 1.29 is 40.7 Å². The summed E-state index contributed by atoms with van der Waals surface area (Å²) in [6.07, 6.45) is -10.2. The summed E-state index contributed by atoms with van der Waals surface area (Å²) in [5.41, 5.74) is 0.552. The highest BCUT2D eigenvalue weighted by Gasteiger charge is 2.37. The SMILES string of the molecule is NC(=O)c1ccccc1NC(=O)C(=O)Nc1cc(C(F)(F)F)cc(C(F)(F)F)c1. The average molecular weight is 419 g/mol. The second-order valence-corrected chi connectivity index (χ2v) is 5.61. The van der Waals surface area contributed by atoms with Crippen LogP contribution in [0.1, 0.15) is 21.5 Å². The van der Waals surface area contributed by atoms with E-state index in [2.05, 4.69) is 0 Å².